The van der Waals surface area contributed by atoms with Crippen molar-refractivity contribution in [1.82, 2.24) is 10.3 Å². The molecule has 4 aromatic rings. The van der Waals surface area contributed by atoms with Crippen molar-refractivity contribution >= 4 is 34.4 Å². The Hall–Kier alpha value is -3.84. The molecule has 0 aliphatic carbocycles. The number of nitrogens with one attached hydrogen (secondary N) is 1. The molecule has 1 aromatic heterocycles. The Morgan fingerprint density at radius 2 is 1.86 bits per heavy atom. The number of fused-ring (bicyclic) bond motifs is 1. The zero-order chi connectivity index (χ0) is 24.6. The average Bonchev–Trinajstić information content (AvgIpc) is 2.89. The number of carboxylic acids is 1. The first-order chi connectivity index (χ1) is 17.1. The van der Waals surface area contributed by atoms with Crippen LogP contribution in [0.5, 0.6) is 5.75 Å². The quantitative estimate of drug-likeness (QED) is 0.311. The van der Waals surface area contributed by atoms with E-state index < -0.39 is 17.9 Å². The van der Waals surface area contributed by atoms with Gasteiger partial charge >= 0.3 is 5.97 Å². The van der Waals surface area contributed by atoms with Gasteiger partial charge in [0.15, 0.2) is 0 Å². The number of carboxylic acid groups (broad SMARTS) is 1. The summed E-state index contributed by atoms with van der Waals surface area (Å²) in [5.41, 5.74) is 2.92. The van der Waals surface area contributed by atoms with Crippen LogP contribution in [0.25, 0.3) is 21.9 Å². The fourth-order valence-electron chi connectivity index (χ4n) is 3.89. The van der Waals surface area contributed by atoms with Crippen molar-refractivity contribution in [3.8, 4) is 16.9 Å². The highest BCUT2D eigenvalue weighted by atomic mass is 32.2. The van der Waals surface area contributed by atoms with E-state index in [-0.39, 0.29) is 0 Å². The first-order valence-electron chi connectivity index (χ1n) is 11.2. The van der Waals surface area contributed by atoms with Gasteiger partial charge in [-0.15, -0.1) is 0 Å². The summed E-state index contributed by atoms with van der Waals surface area (Å²) in [6.45, 7) is 0.302. The summed E-state index contributed by atoms with van der Waals surface area (Å²) >= 11 is 1.54. The van der Waals surface area contributed by atoms with Crippen molar-refractivity contribution in [2.45, 2.75) is 19.1 Å². The van der Waals surface area contributed by atoms with Gasteiger partial charge in [-0.2, -0.15) is 11.8 Å². The van der Waals surface area contributed by atoms with E-state index in [1.165, 1.54) is 0 Å². The largest absolute Gasteiger partial charge is 0.487 e. The third-order valence-corrected chi connectivity index (χ3v) is 6.31. The van der Waals surface area contributed by atoms with Crippen molar-refractivity contribution in [1.29, 1.82) is 0 Å². The van der Waals surface area contributed by atoms with Crippen LogP contribution in [-0.2, 0) is 11.4 Å². The maximum Gasteiger partial charge on any atom is 0.326 e. The number of amides is 1. The molecule has 0 saturated carbocycles. The van der Waals surface area contributed by atoms with Crippen LogP contribution in [0.1, 0.15) is 22.3 Å². The summed E-state index contributed by atoms with van der Waals surface area (Å²) in [7, 11) is 0. The number of rotatable bonds is 10. The number of carbonyl (C=O) groups excluding carboxylic acids is 1. The van der Waals surface area contributed by atoms with Crippen LogP contribution in [0.4, 0.5) is 0 Å². The zero-order valence-electron chi connectivity index (χ0n) is 19.3. The molecule has 1 heterocycles. The Kier molecular flexibility index (Phi) is 8.00. The average molecular weight is 487 g/mol. The predicted molar refractivity (Wildman–Crippen MR) is 140 cm³/mol. The van der Waals surface area contributed by atoms with Gasteiger partial charge in [-0.25, -0.2) is 4.79 Å². The Morgan fingerprint density at radius 1 is 1.03 bits per heavy atom. The number of aromatic nitrogens is 1. The molecule has 0 fully saturated rings. The maximum absolute atomic E-state index is 13.3. The summed E-state index contributed by atoms with van der Waals surface area (Å²) < 4.78 is 5.87. The lowest BCUT2D eigenvalue weighted by Crippen LogP contribution is -2.41. The number of hydrogen-bond acceptors (Lipinski definition) is 5. The van der Waals surface area contributed by atoms with Gasteiger partial charge in [-0.05, 0) is 70.2 Å². The van der Waals surface area contributed by atoms with Crippen LogP contribution in [0.2, 0.25) is 0 Å². The van der Waals surface area contributed by atoms with Crippen LogP contribution in [-0.4, -0.2) is 40.0 Å². The van der Waals surface area contributed by atoms with E-state index in [2.05, 4.69) is 10.3 Å². The number of ether oxygens (including phenoxy) is 1. The molecular formula is C28H26N2O4S. The number of carbonyl (C=O) groups is 2. The van der Waals surface area contributed by atoms with Gasteiger partial charge in [0.05, 0.1) is 6.20 Å². The van der Waals surface area contributed by atoms with Crippen LogP contribution < -0.4 is 10.1 Å². The third-order valence-electron chi connectivity index (χ3n) is 5.66. The van der Waals surface area contributed by atoms with Crippen molar-refractivity contribution in [3.05, 3.63) is 96.3 Å². The lowest BCUT2D eigenvalue weighted by atomic mass is 9.92. The Bertz CT molecular complexity index is 1320. The molecule has 0 bridgehead atoms. The summed E-state index contributed by atoms with van der Waals surface area (Å²) in [5.74, 6) is -0.168. The summed E-state index contributed by atoms with van der Waals surface area (Å²) in [6, 6.07) is 22.1. The maximum atomic E-state index is 13.3. The smallest absolute Gasteiger partial charge is 0.326 e. The number of pyridine rings is 1. The number of nitrogens with zero attached hydrogens (tertiary/aromatic N) is 1. The topological polar surface area (TPSA) is 88.5 Å². The van der Waals surface area contributed by atoms with Crippen molar-refractivity contribution < 1.29 is 19.4 Å². The molecule has 3 aromatic carbocycles. The van der Waals surface area contributed by atoms with E-state index >= 15 is 0 Å². The van der Waals surface area contributed by atoms with Crippen LogP contribution >= 0.6 is 11.8 Å². The van der Waals surface area contributed by atoms with E-state index in [4.69, 9.17) is 4.74 Å². The molecule has 35 heavy (non-hydrogen) atoms. The highest BCUT2D eigenvalue weighted by Gasteiger charge is 2.23. The summed E-state index contributed by atoms with van der Waals surface area (Å²) in [5, 5.41) is 14.4. The molecule has 2 N–H and O–H groups in total. The summed E-state index contributed by atoms with van der Waals surface area (Å²) in [6.07, 6.45) is 5.59. The molecular weight excluding hydrogens is 460 g/mol. The van der Waals surface area contributed by atoms with Crippen LogP contribution in [0.15, 0.2) is 85.2 Å². The fourth-order valence-corrected chi connectivity index (χ4v) is 4.36. The number of thioether (sulfide) groups is 1. The van der Waals surface area contributed by atoms with Gasteiger partial charge in [0, 0.05) is 11.8 Å². The van der Waals surface area contributed by atoms with Crippen LogP contribution in [0, 0.1) is 0 Å². The Balaban J connectivity index is 1.72. The second-order valence-corrected chi connectivity index (χ2v) is 9.02. The molecule has 0 aliphatic rings. The first kappa shape index (κ1) is 24.3. The number of hydrogen-bond donors (Lipinski definition) is 2. The third kappa shape index (κ3) is 6.00. The molecule has 6 nitrogen and oxygen atoms in total. The molecule has 0 aliphatic heterocycles. The molecule has 1 amide bonds. The van der Waals surface area contributed by atoms with E-state index in [1.54, 1.807) is 36.3 Å². The molecule has 7 heteroatoms. The number of benzene rings is 3. The minimum atomic E-state index is -1.04. The van der Waals surface area contributed by atoms with Gasteiger partial charge in [-0.3, -0.25) is 9.78 Å². The second kappa shape index (κ2) is 11.5. The Labute approximate surface area is 208 Å². The van der Waals surface area contributed by atoms with Gasteiger partial charge in [0.2, 0.25) is 0 Å². The van der Waals surface area contributed by atoms with Crippen molar-refractivity contribution in [2.75, 3.05) is 12.0 Å². The molecule has 1 atom stereocenters. The monoisotopic (exact) mass is 486 g/mol. The first-order valence-corrected chi connectivity index (χ1v) is 12.6. The predicted octanol–water partition coefficient (Wildman–Crippen LogP) is 5.42. The van der Waals surface area contributed by atoms with Gasteiger partial charge < -0.3 is 15.2 Å². The highest BCUT2D eigenvalue weighted by Crippen LogP contribution is 2.32. The second-order valence-electron chi connectivity index (χ2n) is 8.03. The minimum absolute atomic E-state index is 0.302. The molecule has 0 radical (unpaired) electrons. The normalized spacial score (nSPS) is 11.7. The number of aliphatic carboxylic acids is 1. The van der Waals surface area contributed by atoms with Gasteiger partial charge in [0.25, 0.3) is 5.91 Å². The van der Waals surface area contributed by atoms with E-state index in [1.807, 2.05) is 66.9 Å². The molecule has 4 rings (SSSR count). The molecule has 0 spiro atoms. The Morgan fingerprint density at radius 3 is 2.63 bits per heavy atom. The fraction of sp³-hybridized carbons (Fsp3) is 0.179. The van der Waals surface area contributed by atoms with E-state index in [9.17, 15) is 14.7 Å². The van der Waals surface area contributed by atoms with Crippen molar-refractivity contribution in [2.24, 2.45) is 0 Å². The SMILES string of the molecule is CSCCC(NC(=O)c1ccc(COc2cccnc2)cc1-c1cccc2ccccc12)C(=O)O. The lowest BCUT2D eigenvalue weighted by molar-refractivity contribution is -0.139. The molecule has 0 saturated heterocycles. The molecule has 1 unspecified atom stereocenters. The van der Waals surface area contributed by atoms with Crippen LogP contribution in [0.3, 0.4) is 0 Å². The molecule has 178 valence electrons. The minimum Gasteiger partial charge on any atom is -0.487 e. The summed E-state index contributed by atoms with van der Waals surface area (Å²) in [4.78, 5) is 29.1. The van der Waals surface area contributed by atoms with E-state index in [0.717, 1.165) is 27.5 Å². The standard InChI is InChI=1S/C28H26N2O4S/c1-35-15-13-26(28(32)33)30-27(31)24-12-11-19(18-34-21-8-5-14-29-17-21)16-25(24)23-10-4-7-20-6-2-3-9-22(20)23/h2-12,14,16-17,26H,13,15,18H2,1H3,(H,30,31)(H,32,33). The zero-order valence-corrected chi connectivity index (χ0v) is 20.1. The van der Waals surface area contributed by atoms with Crippen molar-refractivity contribution in [3.63, 3.8) is 0 Å². The highest BCUT2D eigenvalue weighted by molar-refractivity contribution is 7.98. The van der Waals surface area contributed by atoms with Gasteiger partial charge in [-0.1, -0.05) is 48.5 Å². The van der Waals surface area contributed by atoms with E-state index in [0.29, 0.717) is 30.1 Å². The van der Waals surface area contributed by atoms with Gasteiger partial charge in [0.1, 0.15) is 18.4 Å². The lowest BCUT2D eigenvalue weighted by Gasteiger charge is -2.18.